The van der Waals surface area contributed by atoms with Crippen LogP contribution in [0.1, 0.15) is 42.1 Å². The van der Waals surface area contributed by atoms with Gasteiger partial charge in [-0.2, -0.15) is 13.2 Å². The average Bonchev–Trinajstić information content (AvgIpc) is 2.91. The fraction of sp³-hybridized carbons (Fsp3) is 0.414. The van der Waals surface area contributed by atoms with Crippen molar-refractivity contribution in [3.8, 4) is 17.6 Å². The van der Waals surface area contributed by atoms with Crippen LogP contribution in [0.2, 0.25) is 0 Å². The first kappa shape index (κ1) is 26.9. The number of alkyl halides is 3. The minimum absolute atomic E-state index is 0.0109. The van der Waals surface area contributed by atoms with Crippen molar-refractivity contribution >= 4 is 10.9 Å². The average molecular weight is 513 g/mol. The van der Waals surface area contributed by atoms with Crippen molar-refractivity contribution in [3.05, 3.63) is 71.4 Å². The zero-order valence-electron chi connectivity index (χ0n) is 20.7. The molecule has 1 fully saturated rings. The molecule has 1 saturated heterocycles. The van der Waals surface area contributed by atoms with Crippen LogP contribution in [0.4, 0.5) is 13.2 Å². The number of hydrogen-bond donors (Lipinski definition) is 2. The number of ether oxygens (including phenoxy) is 1. The molecule has 196 valence electrons. The number of methoxy groups -OCH3 is 1. The Bertz CT molecular complexity index is 1270. The smallest absolute Gasteiger partial charge is 0.417 e. The molecule has 0 aliphatic carbocycles. The van der Waals surface area contributed by atoms with Gasteiger partial charge in [0.05, 0.1) is 30.8 Å². The van der Waals surface area contributed by atoms with Crippen LogP contribution in [0.5, 0.6) is 5.75 Å². The second kappa shape index (κ2) is 12.0. The molecule has 0 radical (unpaired) electrons. The SMILES string of the molecule is COc1ccc2nccc([C@@H](O)CC[C@@H]3CCN(CC#Cc4ccccc4C(F)(F)F)C[C@@H]3CO)c2c1. The number of rotatable bonds is 7. The number of hydrogen-bond acceptors (Lipinski definition) is 5. The van der Waals surface area contributed by atoms with Gasteiger partial charge in [0.2, 0.25) is 0 Å². The first-order chi connectivity index (χ1) is 17.8. The van der Waals surface area contributed by atoms with Gasteiger partial charge in [0.1, 0.15) is 5.75 Å². The molecule has 0 bridgehead atoms. The van der Waals surface area contributed by atoms with Crippen molar-refractivity contribution in [2.75, 3.05) is 33.4 Å². The summed E-state index contributed by atoms with van der Waals surface area (Å²) < 4.78 is 44.9. The summed E-state index contributed by atoms with van der Waals surface area (Å²) in [5.41, 5.74) is 0.835. The zero-order valence-corrected chi connectivity index (χ0v) is 20.7. The predicted octanol–water partition coefficient (Wildman–Crippen LogP) is 5.06. The maximum absolute atomic E-state index is 13.2. The molecule has 5 nitrogen and oxygen atoms in total. The Kier molecular flexibility index (Phi) is 8.70. The number of aliphatic hydroxyl groups excluding tert-OH is 2. The molecule has 2 heterocycles. The highest BCUT2D eigenvalue weighted by molar-refractivity contribution is 5.83. The first-order valence-electron chi connectivity index (χ1n) is 12.4. The number of piperidine rings is 1. The van der Waals surface area contributed by atoms with Gasteiger partial charge < -0.3 is 14.9 Å². The van der Waals surface area contributed by atoms with Crippen LogP contribution < -0.4 is 4.74 Å². The summed E-state index contributed by atoms with van der Waals surface area (Å²) in [4.78, 5) is 6.44. The lowest BCUT2D eigenvalue weighted by atomic mass is 9.81. The van der Waals surface area contributed by atoms with Crippen LogP contribution in [-0.2, 0) is 6.18 Å². The monoisotopic (exact) mass is 512 g/mol. The van der Waals surface area contributed by atoms with E-state index in [1.165, 1.54) is 12.1 Å². The first-order valence-corrected chi connectivity index (χ1v) is 12.4. The van der Waals surface area contributed by atoms with Crippen molar-refractivity contribution in [1.29, 1.82) is 0 Å². The maximum atomic E-state index is 13.2. The third-order valence-electron chi connectivity index (χ3n) is 7.12. The molecule has 2 N–H and O–H groups in total. The number of fused-ring (bicyclic) bond motifs is 1. The molecular weight excluding hydrogens is 481 g/mol. The van der Waals surface area contributed by atoms with E-state index in [-0.39, 0.29) is 24.0 Å². The van der Waals surface area contributed by atoms with Crippen molar-refractivity contribution in [2.24, 2.45) is 11.8 Å². The van der Waals surface area contributed by atoms with Gasteiger partial charge in [-0.05, 0) is 79.6 Å². The fourth-order valence-corrected chi connectivity index (χ4v) is 5.06. The highest BCUT2D eigenvalue weighted by Crippen LogP contribution is 2.34. The van der Waals surface area contributed by atoms with Gasteiger partial charge >= 0.3 is 6.18 Å². The van der Waals surface area contributed by atoms with E-state index in [2.05, 4.69) is 21.7 Å². The van der Waals surface area contributed by atoms with Crippen molar-refractivity contribution < 1.29 is 28.1 Å². The molecule has 3 atom stereocenters. The van der Waals surface area contributed by atoms with E-state index in [9.17, 15) is 23.4 Å². The third kappa shape index (κ3) is 6.61. The summed E-state index contributed by atoms with van der Waals surface area (Å²) in [6.07, 6.45) is -1.30. The molecule has 0 unspecified atom stereocenters. The lowest BCUT2D eigenvalue weighted by Gasteiger charge is -2.37. The van der Waals surface area contributed by atoms with Crippen LogP contribution in [0.25, 0.3) is 10.9 Å². The maximum Gasteiger partial charge on any atom is 0.417 e. The van der Waals surface area contributed by atoms with Crippen molar-refractivity contribution in [1.82, 2.24) is 9.88 Å². The van der Waals surface area contributed by atoms with Gasteiger partial charge in [-0.3, -0.25) is 9.88 Å². The number of halogens is 3. The van der Waals surface area contributed by atoms with E-state index in [1.54, 1.807) is 19.4 Å². The molecule has 4 rings (SSSR count). The Balaban J connectivity index is 1.35. The molecule has 0 saturated carbocycles. The lowest BCUT2D eigenvalue weighted by Crippen LogP contribution is -2.42. The fourth-order valence-electron chi connectivity index (χ4n) is 5.06. The van der Waals surface area contributed by atoms with Gasteiger partial charge in [0, 0.05) is 30.3 Å². The molecule has 0 amide bonds. The van der Waals surface area contributed by atoms with Crippen molar-refractivity contribution in [3.63, 3.8) is 0 Å². The number of benzene rings is 2. The molecular formula is C29H31F3N2O3. The van der Waals surface area contributed by atoms with Crippen LogP contribution in [-0.4, -0.2) is 53.4 Å². The molecule has 0 spiro atoms. The van der Waals surface area contributed by atoms with Gasteiger partial charge in [-0.1, -0.05) is 24.0 Å². The topological polar surface area (TPSA) is 65.8 Å². The Morgan fingerprint density at radius 1 is 1.16 bits per heavy atom. The Morgan fingerprint density at radius 3 is 2.73 bits per heavy atom. The number of aromatic nitrogens is 1. The lowest BCUT2D eigenvalue weighted by molar-refractivity contribution is -0.137. The largest absolute Gasteiger partial charge is 0.497 e. The Hall–Kier alpha value is -3.12. The molecule has 3 aromatic rings. The molecule has 8 heteroatoms. The van der Waals surface area contributed by atoms with Gasteiger partial charge in [-0.15, -0.1) is 0 Å². The van der Waals surface area contributed by atoms with E-state index >= 15 is 0 Å². The van der Waals surface area contributed by atoms with Crippen LogP contribution in [0, 0.1) is 23.7 Å². The Morgan fingerprint density at radius 2 is 1.97 bits per heavy atom. The summed E-state index contributed by atoms with van der Waals surface area (Å²) in [7, 11) is 1.60. The highest BCUT2D eigenvalue weighted by atomic mass is 19.4. The number of aliphatic hydroxyl groups is 2. The second-order valence-electron chi connectivity index (χ2n) is 9.45. The molecule has 1 aliphatic heterocycles. The third-order valence-corrected chi connectivity index (χ3v) is 7.12. The van der Waals surface area contributed by atoms with E-state index in [4.69, 9.17) is 4.74 Å². The quantitative estimate of drug-likeness (QED) is 0.434. The zero-order chi connectivity index (χ0) is 26.4. The molecule has 2 aromatic carbocycles. The van der Waals surface area contributed by atoms with Crippen LogP contribution >= 0.6 is 0 Å². The second-order valence-corrected chi connectivity index (χ2v) is 9.45. The minimum Gasteiger partial charge on any atom is -0.497 e. The van der Waals surface area contributed by atoms with Gasteiger partial charge in [-0.25, -0.2) is 0 Å². The van der Waals surface area contributed by atoms with Crippen LogP contribution in [0.3, 0.4) is 0 Å². The number of likely N-dealkylation sites (tertiary alicyclic amines) is 1. The van der Waals surface area contributed by atoms with E-state index < -0.39 is 17.8 Å². The van der Waals surface area contributed by atoms with Gasteiger partial charge in [0.15, 0.2) is 0 Å². The van der Waals surface area contributed by atoms with Gasteiger partial charge in [0.25, 0.3) is 0 Å². The summed E-state index contributed by atoms with van der Waals surface area (Å²) in [6.45, 7) is 1.70. The number of nitrogens with zero attached hydrogens (tertiary/aromatic N) is 2. The van der Waals surface area contributed by atoms with E-state index in [0.29, 0.717) is 25.3 Å². The molecule has 1 aliphatic rings. The summed E-state index contributed by atoms with van der Waals surface area (Å²) in [6, 6.07) is 12.7. The summed E-state index contributed by atoms with van der Waals surface area (Å²) >= 11 is 0. The highest BCUT2D eigenvalue weighted by Gasteiger charge is 2.33. The van der Waals surface area contributed by atoms with E-state index in [1.807, 2.05) is 24.3 Å². The summed E-state index contributed by atoms with van der Waals surface area (Å²) in [5, 5.41) is 21.9. The standard InChI is InChI=1S/C29H31F3N2O3/c1-37-23-9-10-27-25(17-23)24(12-14-33-27)28(36)11-8-20-13-16-34(18-22(20)19-35)15-4-6-21-5-2-3-7-26(21)29(30,31)32/h2-3,5,7,9-10,12,14,17,20,22,28,35-36H,8,11,13,15-16,18-19H2,1H3/t20-,22-,28+/m1/s1. The van der Waals surface area contributed by atoms with Crippen LogP contribution in [0.15, 0.2) is 54.7 Å². The normalized spacial score (nSPS) is 19.3. The molecule has 1 aromatic heterocycles. The molecule has 37 heavy (non-hydrogen) atoms. The Labute approximate surface area is 214 Å². The predicted molar refractivity (Wildman–Crippen MR) is 136 cm³/mol. The number of pyridine rings is 1. The van der Waals surface area contributed by atoms with Crippen molar-refractivity contribution in [2.45, 2.75) is 31.5 Å². The minimum atomic E-state index is -4.44. The van der Waals surface area contributed by atoms with E-state index in [0.717, 1.165) is 41.9 Å². The summed E-state index contributed by atoms with van der Waals surface area (Å²) in [5.74, 6) is 6.50.